The molecule has 0 radical (unpaired) electrons. The summed E-state index contributed by atoms with van der Waals surface area (Å²) in [6, 6.07) is 0.00729. The number of likely N-dealkylation sites (tertiary alicyclic amines) is 2. The maximum atomic E-state index is 12.9. The molecule has 2 saturated heterocycles. The van der Waals surface area contributed by atoms with Crippen LogP contribution in [0.3, 0.4) is 0 Å². The average Bonchev–Trinajstić information content (AvgIpc) is 2.88. The summed E-state index contributed by atoms with van der Waals surface area (Å²) < 4.78 is 0. The standard InChI is InChI=1S/C16H29N3O2/c1-3-6-15(20)18-8-5-4-7-14(18)16(21)19-11-13(10-17)9-12(19)2/h12-14H,3-11,17H2,1-2H3. The largest absolute Gasteiger partial charge is 0.338 e. The van der Waals surface area contributed by atoms with E-state index in [9.17, 15) is 9.59 Å². The Morgan fingerprint density at radius 2 is 2.00 bits per heavy atom. The Morgan fingerprint density at radius 1 is 1.24 bits per heavy atom. The molecule has 5 nitrogen and oxygen atoms in total. The first kappa shape index (κ1) is 16.3. The molecule has 0 spiro atoms. The van der Waals surface area contributed by atoms with Gasteiger partial charge in [0.1, 0.15) is 6.04 Å². The lowest BCUT2D eigenvalue weighted by Crippen LogP contribution is -2.53. The van der Waals surface area contributed by atoms with Crippen LogP contribution in [0.2, 0.25) is 0 Å². The fourth-order valence-electron chi connectivity index (χ4n) is 3.66. The molecule has 2 rings (SSSR count). The Bertz CT molecular complexity index is 386. The predicted octanol–water partition coefficient (Wildman–Crippen LogP) is 1.36. The number of hydrogen-bond acceptors (Lipinski definition) is 3. The van der Waals surface area contributed by atoms with Crippen LogP contribution in [-0.4, -0.2) is 53.3 Å². The van der Waals surface area contributed by atoms with Gasteiger partial charge in [0.2, 0.25) is 11.8 Å². The van der Waals surface area contributed by atoms with E-state index >= 15 is 0 Å². The van der Waals surface area contributed by atoms with Gasteiger partial charge < -0.3 is 15.5 Å². The van der Waals surface area contributed by atoms with E-state index in [2.05, 4.69) is 6.92 Å². The number of carbonyl (C=O) groups is 2. The monoisotopic (exact) mass is 295 g/mol. The van der Waals surface area contributed by atoms with Crippen molar-refractivity contribution in [2.45, 2.75) is 64.5 Å². The van der Waals surface area contributed by atoms with E-state index in [-0.39, 0.29) is 23.9 Å². The molecule has 2 N–H and O–H groups in total. The van der Waals surface area contributed by atoms with Gasteiger partial charge in [-0.1, -0.05) is 6.92 Å². The lowest BCUT2D eigenvalue weighted by atomic mass is 10.00. The third kappa shape index (κ3) is 3.57. The summed E-state index contributed by atoms with van der Waals surface area (Å²) in [5.74, 6) is 0.688. The Balaban J connectivity index is 2.06. The van der Waals surface area contributed by atoms with E-state index in [1.165, 1.54) is 0 Å². The van der Waals surface area contributed by atoms with E-state index in [0.717, 1.165) is 45.2 Å². The molecule has 2 aliphatic heterocycles. The number of rotatable bonds is 4. The van der Waals surface area contributed by atoms with Crippen LogP contribution >= 0.6 is 0 Å². The summed E-state index contributed by atoms with van der Waals surface area (Å²) >= 11 is 0. The van der Waals surface area contributed by atoms with Crippen LogP contribution in [0.25, 0.3) is 0 Å². The highest BCUT2D eigenvalue weighted by atomic mass is 16.2. The molecule has 2 heterocycles. The first-order valence-electron chi connectivity index (χ1n) is 8.38. The van der Waals surface area contributed by atoms with Crippen molar-refractivity contribution in [2.24, 2.45) is 11.7 Å². The molecule has 0 bridgehead atoms. The summed E-state index contributed by atoms with van der Waals surface area (Å²) in [5, 5.41) is 0. The number of piperidine rings is 1. The molecular weight excluding hydrogens is 266 g/mol. The minimum atomic E-state index is -0.239. The van der Waals surface area contributed by atoms with Crippen LogP contribution in [0, 0.1) is 5.92 Å². The molecule has 0 saturated carbocycles. The molecule has 3 unspecified atom stereocenters. The second kappa shape index (κ2) is 7.25. The van der Waals surface area contributed by atoms with Gasteiger partial charge in [-0.25, -0.2) is 0 Å². The van der Waals surface area contributed by atoms with Crippen molar-refractivity contribution >= 4 is 11.8 Å². The van der Waals surface area contributed by atoms with Crippen molar-refractivity contribution in [1.29, 1.82) is 0 Å². The second-order valence-corrected chi connectivity index (χ2v) is 6.53. The number of nitrogens with two attached hydrogens (primary N) is 1. The average molecular weight is 295 g/mol. The zero-order valence-electron chi connectivity index (χ0n) is 13.4. The molecule has 0 aromatic heterocycles. The molecule has 5 heteroatoms. The highest BCUT2D eigenvalue weighted by molar-refractivity contribution is 5.88. The minimum absolute atomic E-state index is 0.137. The summed E-state index contributed by atoms with van der Waals surface area (Å²) in [4.78, 5) is 28.9. The van der Waals surface area contributed by atoms with Crippen molar-refractivity contribution in [3.05, 3.63) is 0 Å². The Hall–Kier alpha value is -1.10. The quantitative estimate of drug-likeness (QED) is 0.851. The van der Waals surface area contributed by atoms with E-state index in [0.29, 0.717) is 18.9 Å². The van der Waals surface area contributed by atoms with Crippen LogP contribution in [0.4, 0.5) is 0 Å². The van der Waals surface area contributed by atoms with Crippen molar-refractivity contribution < 1.29 is 9.59 Å². The van der Waals surface area contributed by atoms with E-state index in [4.69, 9.17) is 5.73 Å². The number of nitrogens with zero attached hydrogens (tertiary/aromatic N) is 2. The van der Waals surface area contributed by atoms with Crippen LogP contribution in [-0.2, 0) is 9.59 Å². The number of hydrogen-bond donors (Lipinski definition) is 1. The molecule has 2 aliphatic rings. The SMILES string of the molecule is CCCC(=O)N1CCCCC1C(=O)N1CC(CN)CC1C. The zero-order valence-corrected chi connectivity index (χ0v) is 13.4. The molecule has 2 amide bonds. The fraction of sp³-hybridized carbons (Fsp3) is 0.875. The van der Waals surface area contributed by atoms with Gasteiger partial charge in [-0.2, -0.15) is 0 Å². The minimum Gasteiger partial charge on any atom is -0.338 e. The maximum absolute atomic E-state index is 12.9. The molecule has 0 aromatic carbocycles. The maximum Gasteiger partial charge on any atom is 0.245 e. The number of amides is 2. The van der Waals surface area contributed by atoms with E-state index in [1.807, 2.05) is 16.7 Å². The van der Waals surface area contributed by atoms with Crippen molar-refractivity contribution in [2.75, 3.05) is 19.6 Å². The molecule has 120 valence electrons. The lowest BCUT2D eigenvalue weighted by molar-refractivity contribution is -0.148. The van der Waals surface area contributed by atoms with Gasteiger partial charge in [0.25, 0.3) is 0 Å². The predicted molar refractivity (Wildman–Crippen MR) is 82.6 cm³/mol. The number of carbonyl (C=O) groups excluding carboxylic acids is 2. The van der Waals surface area contributed by atoms with Crippen LogP contribution in [0.15, 0.2) is 0 Å². The Morgan fingerprint density at radius 3 is 2.62 bits per heavy atom. The van der Waals surface area contributed by atoms with E-state index in [1.54, 1.807) is 0 Å². The summed E-state index contributed by atoms with van der Waals surface area (Å²) in [6.45, 7) is 6.22. The first-order chi connectivity index (χ1) is 10.1. The molecule has 0 aromatic rings. The van der Waals surface area contributed by atoms with Crippen LogP contribution < -0.4 is 5.73 Å². The Kier molecular flexibility index (Phi) is 5.62. The second-order valence-electron chi connectivity index (χ2n) is 6.53. The third-order valence-electron chi connectivity index (χ3n) is 4.85. The molecule has 3 atom stereocenters. The highest BCUT2D eigenvalue weighted by Gasteiger charge is 2.39. The smallest absolute Gasteiger partial charge is 0.245 e. The fourth-order valence-corrected chi connectivity index (χ4v) is 3.66. The van der Waals surface area contributed by atoms with Gasteiger partial charge in [0.15, 0.2) is 0 Å². The van der Waals surface area contributed by atoms with Gasteiger partial charge in [0.05, 0.1) is 0 Å². The summed E-state index contributed by atoms with van der Waals surface area (Å²) in [5.41, 5.74) is 5.75. The summed E-state index contributed by atoms with van der Waals surface area (Å²) in [7, 11) is 0. The lowest BCUT2D eigenvalue weighted by Gasteiger charge is -2.38. The zero-order chi connectivity index (χ0) is 15.4. The first-order valence-corrected chi connectivity index (χ1v) is 8.38. The molecule has 21 heavy (non-hydrogen) atoms. The highest BCUT2D eigenvalue weighted by Crippen LogP contribution is 2.27. The molecule has 0 aliphatic carbocycles. The normalized spacial score (nSPS) is 29.8. The van der Waals surface area contributed by atoms with Crippen molar-refractivity contribution in [1.82, 2.24) is 9.80 Å². The Labute approximate surface area is 127 Å². The third-order valence-corrected chi connectivity index (χ3v) is 4.85. The molecule has 2 fully saturated rings. The van der Waals surface area contributed by atoms with Crippen LogP contribution in [0.1, 0.15) is 52.4 Å². The van der Waals surface area contributed by atoms with E-state index < -0.39 is 0 Å². The molecular formula is C16H29N3O2. The van der Waals surface area contributed by atoms with Crippen LogP contribution in [0.5, 0.6) is 0 Å². The van der Waals surface area contributed by atoms with Gasteiger partial charge in [-0.15, -0.1) is 0 Å². The van der Waals surface area contributed by atoms with Crippen molar-refractivity contribution in [3.63, 3.8) is 0 Å². The van der Waals surface area contributed by atoms with Gasteiger partial charge in [0, 0.05) is 25.6 Å². The van der Waals surface area contributed by atoms with Gasteiger partial charge in [-0.05, 0) is 51.5 Å². The van der Waals surface area contributed by atoms with Gasteiger partial charge in [-0.3, -0.25) is 9.59 Å². The topological polar surface area (TPSA) is 66.6 Å². The summed E-state index contributed by atoms with van der Waals surface area (Å²) in [6.07, 6.45) is 5.23. The van der Waals surface area contributed by atoms with Gasteiger partial charge >= 0.3 is 0 Å². The van der Waals surface area contributed by atoms with Crippen molar-refractivity contribution in [3.8, 4) is 0 Å².